The molecule has 1 aliphatic rings. The van der Waals surface area contributed by atoms with Crippen molar-refractivity contribution in [2.45, 2.75) is 6.42 Å². The van der Waals surface area contributed by atoms with Crippen LogP contribution >= 0.6 is 0 Å². The molecule has 4 heteroatoms. The molecule has 0 unspecified atom stereocenters. The van der Waals surface area contributed by atoms with Crippen molar-refractivity contribution >= 4 is 23.2 Å². The van der Waals surface area contributed by atoms with E-state index in [1.165, 1.54) is 0 Å². The number of nitrogens with zero attached hydrogens (tertiary/aromatic N) is 2. The number of amides is 2. The van der Waals surface area contributed by atoms with E-state index in [0.29, 0.717) is 12.1 Å². The molecule has 4 rings (SSSR count). The molecule has 1 heterocycles. The number of para-hydroxylation sites is 1. The van der Waals surface area contributed by atoms with E-state index in [1.54, 1.807) is 16.8 Å². The normalized spacial score (nSPS) is 13.9. The summed E-state index contributed by atoms with van der Waals surface area (Å²) in [5.74, 6) is -0.0897. The topological polar surface area (TPSA) is 40.6 Å². The molecule has 0 aromatic heterocycles. The fraction of sp³-hybridized carbons (Fsp3) is 0.130. The van der Waals surface area contributed by atoms with Crippen molar-refractivity contribution in [1.29, 1.82) is 0 Å². The van der Waals surface area contributed by atoms with Gasteiger partial charge in [-0.2, -0.15) is 0 Å². The summed E-state index contributed by atoms with van der Waals surface area (Å²) in [4.78, 5) is 29.2. The summed E-state index contributed by atoms with van der Waals surface area (Å²) >= 11 is 0. The first-order valence-corrected chi connectivity index (χ1v) is 8.99. The number of carbonyl (C=O) groups is 2. The number of benzene rings is 3. The van der Waals surface area contributed by atoms with Crippen LogP contribution in [0.15, 0.2) is 78.9 Å². The molecule has 3 aromatic carbocycles. The van der Waals surface area contributed by atoms with Crippen LogP contribution in [0.3, 0.4) is 0 Å². The average Bonchev–Trinajstić information content (AvgIpc) is 2.86. The molecule has 3 aromatic rings. The second kappa shape index (κ2) is 7.08. The number of fused-ring (bicyclic) bond motifs is 1. The van der Waals surface area contributed by atoms with E-state index in [2.05, 4.69) is 0 Å². The third-order valence-corrected chi connectivity index (χ3v) is 4.92. The Labute approximate surface area is 158 Å². The summed E-state index contributed by atoms with van der Waals surface area (Å²) in [5, 5.41) is 0. The molecule has 0 spiro atoms. The molecule has 0 saturated heterocycles. The quantitative estimate of drug-likeness (QED) is 0.684. The van der Waals surface area contributed by atoms with Crippen LogP contribution < -0.4 is 9.80 Å². The number of rotatable bonds is 2. The minimum Gasteiger partial charge on any atom is -0.313 e. The fourth-order valence-corrected chi connectivity index (χ4v) is 3.50. The van der Waals surface area contributed by atoms with E-state index in [1.807, 2.05) is 78.9 Å². The Kier molecular flexibility index (Phi) is 4.47. The average molecular weight is 356 g/mol. The van der Waals surface area contributed by atoms with E-state index in [-0.39, 0.29) is 18.2 Å². The molecule has 134 valence electrons. The predicted molar refractivity (Wildman–Crippen MR) is 108 cm³/mol. The van der Waals surface area contributed by atoms with Crippen LogP contribution in [0.1, 0.15) is 16.8 Å². The van der Waals surface area contributed by atoms with E-state index in [4.69, 9.17) is 0 Å². The molecule has 0 fully saturated rings. The van der Waals surface area contributed by atoms with Crippen LogP contribution in [0.5, 0.6) is 0 Å². The lowest BCUT2D eigenvalue weighted by atomic mass is 10.0. The van der Waals surface area contributed by atoms with Gasteiger partial charge in [-0.3, -0.25) is 9.59 Å². The molecule has 0 atom stereocenters. The van der Waals surface area contributed by atoms with Gasteiger partial charge in [0, 0.05) is 31.1 Å². The van der Waals surface area contributed by atoms with E-state index in [9.17, 15) is 9.59 Å². The minimum atomic E-state index is -0.0941. The highest BCUT2D eigenvalue weighted by atomic mass is 16.2. The zero-order valence-corrected chi connectivity index (χ0v) is 15.1. The SMILES string of the molecule is CN1C(=O)CCN(C(=O)c2ccccc2)c2c(-c3ccccc3)cccc21. The van der Waals surface area contributed by atoms with Crippen molar-refractivity contribution in [2.75, 3.05) is 23.4 Å². The highest BCUT2D eigenvalue weighted by molar-refractivity contribution is 6.13. The Morgan fingerprint density at radius 1 is 0.852 bits per heavy atom. The Balaban J connectivity index is 1.92. The highest BCUT2D eigenvalue weighted by Crippen LogP contribution is 2.41. The summed E-state index contributed by atoms with van der Waals surface area (Å²) in [6.07, 6.45) is 0.290. The Hall–Kier alpha value is -3.40. The minimum absolute atomic E-state index is 0.00447. The monoisotopic (exact) mass is 356 g/mol. The smallest absolute Gasteiger partial charge is 0.258 e. The van der Waals surface area contributed by atoms with Gasteiger partial charge in [-0.1, -0.05) is 60.7 Å². The van der Waals surface area contributed by atoms with Crippen molar-refractivity contribution in [3.63, 3.8) is 0 Å². The van der Waals surface area contributed by atoms with Gasteiger partial charge in [-0.15, -0.1) is 0 Å². The van der Waals surface area contributed by atoms with Crippen LogP contribution in [-0.2, 0) is 4.79 Å². The van der Waals surface area contributed by atoms with Gasteiger partial charge in [-0.05, 0) is 23.8 Å². The predicted octanol–water partition coefficient (Wildman–Crippen LogP) is 4.37. The summed E-state index contributed by atoms with van der Waals surface area (Å²) in [7, 11) is 1.77. The number of anilines is 2. The first kappa shape index (κ1) is 17.0. The van der Waals surface area contributed by atoms with Gasteiger partial charge in [0.2, 0.25) is 5.91 Å². The summed E-state index contributed by atoms with van der Waals surface area (Å²) in [6.45, 7) is 0.355. The molecule has 1 aliphatic heterocycles. The summed E-state index contributed by atoms with van der Waals surface area (Å²) < 4.78 is 0. The van der Waals surface area contributed by atoms with Gasteiger partial charge in [0.05, 0.1) is 11.4 Å². The number of hydrogen-bond donors (Lipinski definition) is 0. The Bertz CT molecular complexity index is 984. The fourth-order valence-electron chi connectivity index (χ4n) is 3.50. The first-order chi connectivity index (χ1) is 13.2. The van der Waals surface area contributed by atoms with Crippen LogP contribution in [0.2, 0.25) is 0 Å². The largest absolute Gasteiger partial charge is 0.313 e. The lowest BCUT2D eigenvalue weighted by Gasteiger charge is -2.27. The molecule has 0 saturated carbocycles. The van der Waals surface area contributed by atoms with Gasteiger partial charge in [-0.25, -0.2) is 0 Å². The lowest BCUT2D eigenvalue weighted by molar-refractivity contribution is -0.118. The first-order valence-electron chi connectivity index (χ1n) is 8.99. The van der Waals surface area contributed by atoms with Crippen LogP contribution in [0.4, 0.5) is 11.4 Å². The van der Waals surface area contributed by atoms with Crippen molar-refractivity contribution in [3.8, 4) is 11.1 Å². The van der Waals surface area contributed by atoms with Crippen LogP contribution in [0.25, 0.3) is 11.1 Å². The Morgan fingerprint density at radius 3 is 2.22 bits per heavy atom. The lowest BCUT2D eigenvalue weighted by Crippen LogP contribution is -2.32. The maximum atomic E-state index is 13.3. The van der Waals surface area contributed by atoms with Crippen molar-refractivity contribution in [3.05, 3.63) is 84.4 Å². The van der Waals surface area contributed by atoms with Crippen molar-refractivity contribution in [1.82, 2.24) is 0 Å². The van der Waals surface area contributed by atoms with Crippen LogP contribution in [-0.4, -0.2) is 25.4 Å². The standard InChI is InChI=1S/C23H20N2O2/c1-24-20-14-8-13-19(17-9-4-2-5-10-17)22(20)25(16-15-21(24)26)23(27)18-11-6-3-7-12-18/h2-14H,15-16H2,1H3. The molecule has 0 aliphatic carbocycles. The maximum Gasteiger partial charge on any atom is 0.258 e. The van der Waals surface area contributed by atoms with Gasteiger partial charge in [0.15, 0.2) is 0 Å². The zero-order chi connectivity index (χ0) is 18.8. The summed E-state index contributed by atoms with van der Waals surface area (Å²) in [6, 6.07) is 25.0. The highest BCUT2D eigenvalue weighted by Gasteiger charge is 2.30. The number of hydrogen-bond acceptors (Lipinski definition) is 2. The molecule has 2 amide bonds. The van der Waals surface area contributed by atoms with Gasteiger partial charge < -0.3 is 9.80 Å². The third kappa shape index (κ3) is 3.10. The molecule has 27 heavy (non-hydrogen) atoms. The second-order valence-electron chi connectivity index (χ2n) is 6.56. The zero-order valence-electron chi connectivity index (χ0n) is 15.1. The molecule has 0 bridgehead atoms. The van der Waals surface area contributed by atoms with Crippen LogP contribution in [0, 0.1) is 0 Å². The van der Waals surface area contributed by atoms with Crippen molar-refractivity contribution < 1.29 is 9.59 Å². The summed E-state index contributed by atoms with van der Waals surface area (Å²) in [5.41, 5.74) is 4.11. The molecule has 0 radical (unpaired) electrons. The molecule has 4 nitrogen and oxygen atoms in total. The van der Waals surface area contributed by atoms with Gasteiger partial charge in [0.25, 0.3) is 5.91 Å². The van der Waals surface area contributed by atoms with Gasteiger partial charge in [0.1, 0.15) is 0 Å². The third-order valence-electron chi connectivity index (χ3n) is 4.92. The second-order valence-corrected chi connectivity index (χ2v) is 6.56. The van der Waals surface area contributed by atoms with Crippen molar-refractivity contribution in [2.24, 2.45) is 0 Å². The molecule has 0 N–H and O–H groups in total. The van der Waals surface area contributed by atoms with E-state index < -0.39 is 0 Å². The molecular weight excluding hydrogens is 336 g/mol. The van der Waals surface area contributed by atoms with Gasteiger partial charge >= 0.3 is 0 Å². The maximum absolute atomic E-state index is 13.3. The van der Waals surface area contributed by atoms with E-state index in [0.717, 1.165) is 22.5 Å². The Morgan fingerprint density at radius 2 is 1.52 bits per heavy atom. The molecular formula is C23H20N2O2. The van der Waals surface area contributed by atoms with E-state index >= 15 is 0 Å². The number of carbonyl (C=O) groups excluding carboxylic acids is 2.